The van der Waals surface area contributed by atoms with Crippen LogP contribution in [0.25, 0.3) is 16.7 Å². The van der Waals surface area contributed by atoms with Crippen LogP contribution >= 0.6 is 0 Å². The monoisotopic (exact) mass is 338 g/mol. The van der Waals surface area contributed by atoms with E-state index in [1.807, 2.05) is 33.0 Å². The van der Waals surface area contributed by atoms with Gasteiger partial charge in [0.25, 0.3) is 0 Å². The summed E-state index contributed by atoms with van der Waals surface area (Å²) in [5.41, 5.74) is 3.87. The van der Waals surface area contributed by atoms with Gasteiger partial charge in [0, 0.05) is 35.6 Å². The number of aliphatic imine (C=N–C) groups is 1. The maximum Gasteiger partial charge on any atom is 0.174 e. The van der Waals surface area contributed by atoms with Crippen LogP contribution in [0.4, 0.5) is 0 Å². The standard InChI is InChI=1S/C18H22N6O/c1-10(2)15(9-25)23-18-22-7-12(5-19)16(24-18)14-8-21-17-13(14)4-11(3)6-20-17/h4,6-8,10,15,18,23-25H,9H2,1-3H3,(H,20,21)/t15-,18?/m0/s1. The Hall–Kier alpha value is -2.69. The molecule has 0 bridgehead atoms. The van der Waals surface area contributed by atoms with Gasteiger partial charge in [0.05, 0.1) is 17.9 Å². The summed E-state index contributed by atoms with van der Waals surface area (Å²) in [6.07, 6.45) is 4.81. The van der Waals surface area contributed by atoms with Crippen molar-refractivity contribution >= 4 is 22.9 Å². The van der Waals surface area contributed by atoms with Crippen LogP contribution in [0, 0.1) is 24.2 Å². The van der Waals surface area contributed by atoms with Crippen LogP contribution in [0.1, 0.15) is 25.0 Å². The second-order valence-electron chi connectivity index (χ2n) is 6.54. The number of aromatic nitrogens is 2. The molecule has 25 heavy (non-hydrogen) atoms. The van der Waals surface area contributed by atoms with Crippen LogP contribution in [0.2, 0.25) is 0 Å². The first-order valence-electron chi connectivity index (χ1n) is 8.28. The predicted octanol–water partition coefficient (Wildman–Crippen LogP) is 1.67. The predicted molar refractivity (Wildman–Crippen MR) is 97.6 cm³/mol. The van der Waals surface area contributed by atoms with Crippen molar-refractivity contribution in [2.45, 2.75) is 33.1 Å². The molecule has 0 amide bonds. The van der Waals surface area contributed by atoms with Crippen molar-refractivity contribution in [1.82, 2.24) is 20.6 Å². The SMILES string of the molecule is Cc1cnc2[nH]cc(C3=C(C#N)C=NC(N[C@@H](CO)C(C)C)N3)c2c1. The van der Waals surface area contributed by atoms with E-state index in [1.54, 1.807) is 12.4 Å². The maximum absolute atomic E-state index is 9.53. The van der Waals surface area contributed by atoms with E-state index >= 15 is 0 Å². The lowest BCUT2D eigenvalue weighted by atomic mass is 10.0. The largest absolute Gasteiger partial charge is 0.395 e. The molecule has 0 fully saturated rings. The van der Waals surface area contributed by atoms with Crippen molar-refractivity contribution in [2.75, 3.05) is 6.61 Å². The number of hydrogen-bond donors (Lipinski definition) is 4. The van der Waals surface area contributed by atoms with Crippen molar-refractivity contribution < 1.29 is 5.11 Å². The summed E-state index contributed by atoms with van der Waals surface area (Å²) >= 11 is 0. The van der Waals surface area contributed by atoms with Crippen molar-refractivity contribution in [3.63, 3.8) is 0 Å². The highest BCUT2D eigenvalue weighted by molar-refractivity contribution is 6.01. The van der Waals surface area contributed by atoms with Gasteiger partial charge < -0.3 is 15.4 Å². The molecule has 2 aromatic heterocycles. The summed E-state index contributed by atoms with van der Waals surface area (Å²) in [6, 6.07) is 4.14. The quantitative estimate of drug-likeness (QED) is 0.663. The third-order valence-electron chi connectivity index (χ3n) is 4.33. The van der Waals surface area contributed by atoms with Gasteiger partial charge in [-0.05, 0) is 24.5 Å². The number of H-pyrrole nitrogens is 1. The molecule has 0 saturated heterocycles. The molecule has 0 radical (unpaired) electrons. The summed E-state index contributed by atoms with van der Waals surface area (Å²) in [5, 5.41) is 26.5. The number of fused-ring (bicyclic) bond motifs is 1. The van der Waals surface area contributed by atoms with E-state index in [0.29, 0.717) is 11.3 Å². The fraction of sp³-hybridized carbons (Fsp3) is 0.389. The summed E-state index contributed by atoms with van der Waals surface area (Å²) in [5.74, 6) is 0.256. The molecule has 4 N–H and O–H groups in total. The Kier molecular flexibility index (Phi) is 4.83. The van der Waals surface area contributed by atoms with Gasteiger partial charge in [-0.2, -0.15) is 5.26 Å². The highest BCUT2D eigenvalue weighted by Crippen LogP contribution is 2.26. The van der Waals surface area contributed by atoms with E-state index in [2.05, 4.69) is 31.7 Å². The third-order valence-corrected chi connectivity index (χ3v) is 4.33. The minimum atomic E-state index is -0.408. The van der Waals surface area contributed by atoms with Crippen molar-refractivity contribution in [3.8, 4) is 6.07 Å². The van der Waals surface area contributed by atoms with Gasteiger partial charge in [0.2, 0.25) is 0 Å². The molecule has 2 atom stereocenters. The molecule has 0 aliphatic carbocycles. The molecule has 1 aliphatic heterocycles. The highest BCUT2D eigenvalue weighted by Gasteiger charge is 2.23. The van der Waals surface area contributed by atoms with Gasteiger partial charge in [-0.3, -0.25) is 10.3 Å². The Bertz CT molecular complexity index is 873. The van der Waals surface area contributed by atoms with Crippen LogP contribution < -0.4 is 10.6 Å². The van der Waals surface area contributed by atoms with Gasteiger partial charge in [-0.1, -0.05) is 13.8 Å². The molecule has 1 unspecified atom stereocenters. The molecule has 0 saturated carbocycles. The van der Waals surface area contributed by atoms with Crippen LogP contribution in [0.15, 0.2) is 29.0 Å². The molecular formula is C18H22N6O. The first kappa shape index (κ1) is 17.1. The van der Waals surface area contributed by atoms with Crippen LogP contribution in [-0.2, 0) is 0 Å². The van der Waals surface area contributed by atoms with Gasteiger partial charge in [-0.25, -0.2) is 4.98 Å². The Balaban J connectivity index is 1.95. The zero-order valence-corrected chi connectivity index (χ0v) is 14.5. The maximum atomic E-state index is 9.53. The molecule has 3 rings (SSSR count). The molecule has 7 nitrogen and oxygen atoms in total. The average molecular weight is 338 g/mol. The average Bonchev–Trinajstić information content (AvgIpc) is 3.02. The third kappa shape index (κ3) is 3.40. The number of aliphatic hydroxyl groups excluding tert-OH is 1. The number of nitrogens with zero attached hydrogens (tertiary/aromatic N) is 3. The lowest BCUT2D eigenvalue weighted by molar-refractivity contribution is 0.196. The van der Waals surface area contributed by atoms with Gasteiger partial charge in [0.15, 0.2) is 6.29 Å². The normalized spacial score (nSPS) is 18.5. The second-order valence-corrected chi connectivity index (χ2v) is 6.54. The Labute approximate surface area is 146 Å². The number of rotatable bonds is 5. The number of aryl methyl sites for hydroxylation is 1. The van der Waals surface area contributed by atoms with Gasteiger partial charge in [-0.15, -0.1) is 0 Å². The van der Waals surface area contributed by atoms with E-state index < -0.39 is 6.29 Å². The second kappa shape index (κ2) is 7.05. The summed E-state index contributed by atoms with van der Waals surface area (Å²) < 4.78 is 0. The highest BCUT2D eigenvalue weighted by atomic mass is 16.3. The topological polar surface area (TPSA) is 109 Å². The first-order chi connectivity index (χ1) is 12.0. The van der Waals surface area contributed by atoms with E-state index in [4.69, 9.17) is 0 Å². The number of nitrogens with one attached hydrogen (secondary N) is 3. The van der Waals surface area contributed by atoms with Crippen molar-refractivity contribution in [3.05, 3.63) is 35.2 Å². The molecular weight excluding hydrogens is 316 g/mol. The van der Waals surface area contributed by atoms with Crippen LogP contribution in [0.5, 0.6) is 0 Å². The zero-order chi connectivity index (χ0) is 18.0. The molecule has 3 heterocycles. The fourth-order valence-electron chi connectivity index (χ4n) is 2.83. The zero-order valence-electron chi connectivity index (χ0n) is 14.5. The summed E-state index contributed by atoms with van der Waals surface area (Å²) in [4.78, 5) is 11.9. The molecule has 1 aliphatic rings. The summed E-state index contributed by atoms with van der Waals surface area (Å²) in [7, 11) is 0. The molecule has 130 valence electrons. The van der Waals surface area contributed by atoms with E-state index in [-0.39, 0.29) is 18.6 Å². The lowest BCUT2D eigenvalue weighted by Crippen LogP contribution is -2.50. The molecule has 2 aromatic rings. The number of nitriles is 1. The molecule has 0 spiro atoms. The molecule has 0 aromatic carbocycles. The van der Waals surface area contributed by atoms with Gasteiger partial charge >= 0.3 is 0 Å². The van der Waals surface area contributed by atoms with Gasteiger partial charge in [0.1, 0.15) is 11.7 Å². The fourth-order valence-corrected chi connectivity index (χ4v) is 2.83. The number of allylic oxidation sites excluding steroid dienone is 1. The number of aliphatic hydroxyl groups is 1. The molecule has 7 heteroatoms. The smallest absolute Gasteiger partial charge is 0.174 e. The lowest BCUT2D eigenvalue weighted by Gasteiger charge is -2.28. The minimum absolute atomic E-state index is 0.0196. The van der Waals surface area contributed by atoms with E-state index in [0.717, 1.165) is 22.2 Å². The minimum Gasteiger partial charge on any atom is -0.395 e. The van der Waals surface area contributed by atoms with Crippen molar-refractivity contribution in [1.29, 1.82) is 5.26 Å². The number of pyridine rings is 1. The Morgan fingerprint density at radius 1 is 1.44 bits per heavy atom. The van der Waals surface area contributed by atoms with E-state index in [9.17, 15) is 10.4 Å². The summed E-state index contributed by atoms with van der Waals surface area (Å²) in [6.45, 7) is 6.07. The first-order valence-corrected chi connectivity index (χ1v) is 8.28. The van der Waals surface area contributed by atoms with Crippen LogP contribution in [-0.4, -0.2) is 40.2 Å². The number of hydrogen-bond acceptors (Lipinski definition) is 6. The number of aromatic amines is 1. The Morgan fingerprint density at radius 3 is 2.92 bits per heavy atom. The van der Waals surface area contributed by atoms with Crippen molar-refractivity contribution in [2.24, 2.45) is 10.9 Å². The van der Waals surface area contributed by atoms with Crippen LogP contribution in [0.3, 0.4) is 0 Å². The van der Waals surface area contributed by atoms with E-state index in [1.165, 1.54) is 0 Å². The Morgan fingerprint density at radius 2 is 2.24 bits per heavy atom.